The quantitative estimate of drug-likeness (QED) is 0.630. The van der Waals surface area contributed by atoms with Gasteiger partial charge in [0.25, 0.3) is 0 Å². The Morgan fingerprint density at radius 3 is 2.48 bits per heavy atom. The summed E-state index contributed by atoms with van der Waals surface area (Å²) in [6, 6.07) is 10.6. The van der Waals surface area contributed by atoms with Crippen LogP contribution in [0.3, 0.4) is 0 Å². The Morgan fingerprint density at radius 1 is 1.09 bits per heavy atom. The van der Waals surface area contributed by atoms with Crippen LogP contribution in [0.5, 0.6) is 11.5 Å². The lowest BCUT2D eigenvalue weighted by atomic mass is 10.2. The first-order chi connectivity index (χ1) is 11.0. The Labute approximate surface area is 145 Å². The minimum absolute atomic E-state index is 0.267. The summed E-state index contributed by atoms with van der Waals surface area (Å²) in [5, 5.41) is 4.13. The number of hydrogen-bond donors (Lipinski definition) is 2. The van der Waals surface area contributed by atoms with Crippen molar-refractivity contribution in [3.63, 3.8) is 0 Å². The van der Waals surface area contributed by atoms with Crippen LogP contribution in [0.4, 0.5) is 5.69 Å². The Morgan fingerprint density at radius 2 is 1.83 bits per heavy atom. The third kappa shape index (κ3) is 4.68. The third-order valence-corrected chi connectivity index (χ3v) is 3.68. The van der Waals surface area contributed by atoms with Gasteiger partial charge in [0.1, 0.15) is 0 Å². The monoisotopic (exact) mass is 353 g/mol. The number of methoxy groups -OCH3 is 2. The fraction of sp³-hybridized carbons (Fsp3) is 0.188. The summed E-state index contributed by atoms with van der Waals surface area (Å²) in [7, 11) is 3.15. The third-order valence-electron chi connectivity index (χ3n) is 3.09. The van der Waals surface area contributed by atoms with Crippen molar-refractivity contribution in [2.24, 2.45) is 10.7 Å². The Balaban J connectivity index is 2.07. The topological polar surface area (TPSA) is 68.9 Å². The number of hydrogen-bond acceptors (Lipinski definition) is 3. The molecule has 0 atom stereocenters. The number of rotatable bonds is 5. The summed E-state index contributed by atoms with van der Waals surface area (Å²) < 4.78 is 10.4. The maximum atomic E-state index is 6.10. The summed E-state index contributed by atoms with van der Waals surface area (Å²) in [4.78, 5) is 4.26. The smallest absolute Gasteiger partial charge is 0.193 e. The van der Waals surface area contributed by atoms with Crippen LogP contribution in [0.1, 0.15) is 5.56 Å². The summed E-state index contributed by atoms with van der Waals surface area (Å²) in [6.07, 6.45) is 0. The molecule has 0 saturated carbocycles. The molecule has 2 aromatic rings. The van der Waals surface area contributed by atoms with Gasteiger partial charge >= 0.3 is 0 Å². The van der Waals surface area contributed by atoms with E-state index in [0.717, 1.165) is 11.3 Å². The fourth-order valence-corrected chi connectivity index (χ4v) is 2.39. The van der Waals surface area contributed by atoms with Gasteiger partial charge in [0.05, 0.1) is 20.8 Å². The molecule has 0 aliphatic carbocycles. The highest BCUT2D eigenvalue weighted by Crippen LogP contribution is 2.29. The number of benzene rings is 2. The number of nitrogens with two attached hydrogens (primary N) is 1. The standard InChI is InChI=1S/C16H17Cl2N3O2/c1-22-14-6-5-12(8-15(14)23-2)21-16(19)20-9-10-3-4-11(17)7-13(10)18/h3-8H,9H2,1-2H3,(H3,19,20,21). The molecule has 2 rings (SSSR count). The number of guanidine groups is 1. The van der Waals surface area contributed by atoms with Gasteiger partial charge in [0, 0.05) is 21.8 Å². The van der Waals surface area contributed by atoms with Crippen molar-refractivity contribution < 1.29 is 9.47 Å². The van der Waals surface area contributed by atoms with Crippen LogP contribution in [0.25, 0.3) is 0 Å². The predicted octanol–water partition coefficient (Wildman–Crippen LogP) is 3.94. The molecule has 0 aliphatic heterocycles. The van der Waals surface area contributed by atoms with E-state index in [1.165, 1.54) is 0 Å². The lowest BCUT2D eigenvalue weighted by molar-refractivity contribution is 0.355. The van der Waals surface area contributed by atoms with Crippen LogP contribution < -0.4 is 20.5 Å². The van der Waals surface area contributed by atoms with E-state index in [2.05, 4.69) is 10.3 Å². The van der Waals surface area contributed by atoms with Gasteiger partial charge in [0.15, 0.2) is 17.5 Å². The molecule has 7 heteroatoms. The Kier molecular flexibility index (Phi) is 5.96. The van der Waals surface area contributed by atoms with Crippen molar-refractivity contribution in [1.29, 1.82) is 0 Å². The zero-order valence-electron chi connectivity index (χ0n) is 12.8. The first kappa shape index (κ1) is 17.2. The van der Waals surface area contributed by atoms with Crippen molar-refractivity contribution >= 4 is 34.8 Å². The minimum Gasteiger partial charge on any atom is -0.493 e. The molecule has 5 nitrogen and oxygen atoms in total. The Bertz CT molecular complexity index is 720. The molecule has 0 spiro atoms. The number of anilines is 1. The van der Waals surface area contributed by atoms with E-state index in [1.54, 1.807) is 38.5 Å². The number of halogens is 2. The lowest BCUT2D eigenvalue weighted by Crippen LogP contribution is -2.22. The van der Waals surface area contributed by atoms with Gasteiger partial charge in [-0.25, -0.2) is 4.99 Å². The van der Waals surface area contributed by atoms with Gasteiger partial charge in [-0.15, -0.1) is 0 Å². The van der Waals surface area contributed by atoms with E-state index in [-0.39, 0.29) is 5.96 Å². The van der Waals surface area contributed by atoms with Crippen molar-refractivity contribution in [1.82, 2.24) is 0 Å². The summed E-state index contributed by atoms with van der Waals surface area (Å²) in [6.45, 7) is 0.349. The first-order valence-corrected chi connectivity index (χ1v) is 7.52. The number of ether oxygens (including phenoxy) is 2. The molecule has 0 aromatic heterocycles. The molecule has 0 fully saturated rings. The molecule has 3 N–H and O–H groups in total. The van der Waals surface area contributed by atoms with Crippen LogP contribution >= 0.6 is 23.2 Å². The Hall–Kier alpha value is -2.11. The molecule has 0 amide bonds. The largest absolute Gasteiger partial charge is 0.493 e. The first-order valence-electron chi connectivity index (χ1n) is 6.76. The SMILES string of the molecule is COc1ccc(NC(N)=NCc2ccc(Cl)cc2Cl)cc1OC. The summed E-state index contributed by atoms with van der Waals surface area (Å²) in [5.41, 5.74) is 7.48. The normalized spacial score (nSPS) is 11.2. The second-order valence-corrected chi connectivity index (χ2v) is 5.48. The highest BCUT2D eigenvalue weighted by molar-refractivity contribution is 6.35. The number of aliphatic imine (C=N–C) groups is 1. The number of nitrogens with zero attached hydrogens (tertiary/aromatic N) is 1. The molecule has 0 heterocycles. The van der Waals surface area contributed by atoms with Crippen molar-refractivity contribution in [2.45, 2.75) is 6.54 Å². The van der Waals surface area contributed by atoms with E-state index in [1.807, 2.05) is 12.1 Å². The molecule has 0 saturated heterocycles. The van der Waals surface area contributed by atoms with Crippen LogP contribution in [-0.2, 0) is 6.54 Å². The van der Waals surface area contributed by atoms with E-state index >= 15 is 0 Å². The molecular weight excluding hydrogens is 337 g/mol. The summed E-state index contributed by atoms with van der Waals surface area (Å²) in [5.74, 6) is 1.51. The summed E-state index contributed by atoms with van der Waals surface area (Å²) >= 11 is 12.0. The van der Waals surface area contributed by atoms with E-state index < -0.39 is 0 Å². The van der Waals surface area contributed by atoms with Crippen molar-refractivity contribution in [2.75, 3.05) is 19.5 Å². The van der Waals surface area contributed by atoms with Gasteiger partial charge in [-0.1, -0.05) is 29.3 Å². The fourth-order valence-electron chi connectivity index (χ4n) is 1.92. The lowest BCUT2D eigenvalue weighted by Gasteiger charge is -2.11. The minimum atomic E-state index is 0.267. The second-order valence-electron chi connectivity index (χ2n) is 4.63. The van der Waals surface area contributed by atoms with Gasteiger partial charge < -0.3 is 20.5 Å². The van der Waals surface area contributed by atoms with E-state index in [4.69, 9.17) is 38.4 Å². The second kappa shape index (κ2) is 7.94. The molecule has 0 radical (unpaired) electrons. The molecule has 0 unspecified atom stereocenters. The van der Waals surface area contributed by atoms with E-state index in [0.29, 0.717) is 28.1 Å². The maximum absolute atomic E-state index is 6.10. The van der Waals surface area contributed by atoms with Crippen LogP contribution in [0, 0.1) is 0 Å². The molecular formula is C16H17Cl2N3O2. The van der Waals surface area contributed by atoms with Gasteiger partial charge in [-0.05, 0) is 29.8 Å². The average Bonchev–Trinajstić information content (AvgIpc) is 2.54. The molecule has 0 aliphatic rings. The highest BCUT2D eigenvalue weighted by Gasteiger charge is 2.05. The zero-order valence-corrected chi connectivity index (χ0v) is 14.3. The molecule has 2 aromatic carbocycles. The van der Waals surface area contributed by atoms with Gasteiger partial charge in [-0.3, -0.25) is 0 Å². The molecule has 122 valence electrons. The van der Waals surface area contributed by atoms with Crippen LogP contribution in [0.2, 0.25) is 10.0 Å². The van der Waals surface area contributed by atoms with Gasteiger partial charge in [0.2, 0.25) is 0 Å². The number of nitrogens with one attached hydrogen (secondary N) is 1. The molecule has 0 bridgehead atoms. The van der Waals surface area contributed by atoms with Crippen molar-refractivity contribution in [3.8, 4) is 11.5 Å². The van der Waals surface area contributed by atoms with E-state index in [9.17, 15) is 0 Å². The van der Waals surface area contributed by atoms with Crippen LogP contribution in [0.15, 0.2) is 41.4 Å². The maximum Gasteiger partial charge on any atom is 0.193 e. The zero-order chi connectivity index (χ0) is 16.8. The highest BCUT2D eigenvalue weighted by atomic mass is 35.5. The van der Waals surface area contributed by atoms with Crippen molar-refractivity contribution in [3.05, 3.63) is 52.0 Å². The van der Waals surface area contributed by atoms with Crippen LogP contribution in [-0.4, -0.2) is 20.2 Å². The average molecular weight is 354 g/mol. The predicted molar refractivity (Wildman–Crippen MR) is 95.0 cm³/mol. The van der Waals surface area contributed by atoms with Gasteiger partial charge in [-0.2, -0.15) is 0 Å². The molecule has 23 heavy (non-hydrogen) atoms.